The maximum atomic E-state index is 6.48. The highest BCUT2D eigenvalue weighted by molar-refractivity contribution is 14.1. The Morgan fingerprint density at radius 1 is 1.15 bits per heavy atom. The summed E-state index contributed by atoms with van der Waals surface area (Å²) in [4.78, 5) is 0. The Hall–Kier alpha value is 0.0869. The van der Waals surface area contributed by atoms with Crippen molar-refractivity contribution in [1.82, 2.24) is 0 Å². The molecule has 1 aromatic carbocycles. The van der Waals surface area contributed by atoms with Crippen LogP contribution in [0.15, 0.2) is 24.3 Å². The van der Waals surface area contributed by atoms with Gasteiger partial charge in [-0.1, -0.05) is 39.0 Å². The molecule has 0 radical (unpaired) electrons. The summed E-state index contributed by atoms with van der Waals surface area (Å²) in [6.07, 6.45) is 0.0361. The lowest BCUT2D eigenvalue weighted by Crippen LogP contribution is -2.44. The Morgan fingerprint density at radius 3 is 2.15 bits per heavy atom. The third-order valence-corrected chi connectivity index (χ3v) is 9.73. The van der Waals surface area contributed by atoms with E-state index in [4.69, 9.17) is 9.16 Å². The third kappa shape index (κ3) is 4.29. The quantitative estimate of drug-likeness (QED) is 0.482. The molecule has 1 rings (SSSR count). The van der Waals surface area contributed by atoms with Crippen LogP contribution in [0, 0.1) is 3.57 Å². The van der Waals surface area contributed by atoms with Crippen LogP contribution in [0.4, 0.5) is 0 Å². The monoisotopic (exact) mass is 406 g/mol. The number of hydrogen-bond donors (Lipinski definition) is 0. The van der Waals surface area contributed by atoms with Crippen LogP contribution in [-0.2, 0) is 9.16 Å². The lowest BCUT2D eigenvalue weighted by Gasteiger charge is -2.40. The number of methoxy groups -OCH3 is 1. The summed E-state index contributed by atoms with van der Waals surface area (Å²) in [5, 5.41) is 0.212. The maximum absolute atomic E-state index is 6.48. The fraction of sp³-hybridized carbons (Fsp3) is 0.625. The topological polar surface area (TPSA) is 18.5 Å². The van der Waals surface area contributed by atoms with Crippen LogP contribution in [0.25, 0.3) is 0 Å². The molecule has 0 aliphatic carbocycles. The first-order valence-electron chi connectivity index (χ1n) is 7.05. The fourth-order valence-corrected chi connectivity index (χ4v) is 4.08. The van der Waals surface area contributed by atoms with Crippen LogP contribution in [0.5, 0.6) is 0 Å². The predicted molar refractivity (Wildman–Crippen MR) is 96.7 cm³/mol. The normalized spacial score (nSPS) is 16.0. The van der Waals surface area contributed by atoms with Crippen molar-refractivity contribution in [3.05, 3.63) is 33.4 Å². The lowest BCUT2D eigenvalue weighted by molar-refractivity contribution is 0.00246. The largest absolute Gasteiger partial charge is 0.411 e. The van der Waals surface area contributed by atoms with Gasteiger partial charge in [-0.3, -0.25) is 0 Å². The summed E-state index contributed by atoms with van der Waals surface area (Å²) < 4.78 is 13.4. The summed E-state index contributed by atoms with van der Waals surface area (Å²) in [5.74, 6) is 0. The van der Waals surface area contributed by atoms with E-state index in [1.165, 1.54) is 9.13 Å². The number of hydrogen-bond acceptors (Lipinski definition) is 2. The molecular weight excluding hydrogens is 379 g/mol. The zero-order valence-corrected chi connectivity index (χ0v) is 16.8. The summed E-state index contributed by atoms with van der Waals surface area (Å²) in [5.41, 5.74) is 1.21. The molecule has 0 amide bonds. The van der Waals surface area contributed by atoms with Gasteiger partial charge in [0.25, 0.3) is 0 Å². The molecule has 0 spiro atoms. The lowest BCUT2D eigenvalue weighted by atomic mass is 10.1. The van der Waals surface area contributed by atoms with Gasteiger partial charge < -0.3 is 9.16 Å². The van der Waals surface area contributed by atoms with Crippen LogP contribution in [0.3, 0.4) is 0 Å². The van der Waals surface area contributed by atoms with Crippen LogP contribution in [0.2, 0.25) is 18.1 Å². The second-order valence-corrected chi connectivity index (χ2v) is 12.7. The molecule has 0 heterocycles. The zero-order chi connectivity index (χ0) is 15.6. The number of halogens is 1. The summed E-state index contributed by atoms with van der Waals surface area (Å²) in [6.45, 7) is 13.5. The molecule has 1 aromatic rings. The smallest absolute Gasteiger partial charge is 0.192 e. The van der Waals surface area contributed by atoms with Crippen molar-refractivity contribution in [1.29, 1.82) is 0 Å². The number of ether oxygens (including phenoxy) is 1. The van der Waals surface area contributed by atoms with Crippen molar-refractivity contribution < 1.29 is 9.16 Å². The van der Waals surface area contributed by atoms with Crippen molar-refractivity contribution in [3.8, 4) is 0 Å². The second-order valence-electron chi connectivity index (χ2n) is 6.76. The van der Waals surface area contributed by atoms with Gasteiger partial charge in [-0.2, -0.15) is 0 Å². The highest BCUT2D eigenvalue weighted by Crippen LogP contribution is 2.39. The maximum Gasteiger partial charge on any atom is 0.192 e. The molecule has 20 heavy (non-hydrogen) atoms. The molecule has 0 fully saturated rings. The summed E-state index contributed by atoms with van der Waals surface area (Å²) >= 11 is 2.36. The zero-order valence-electron chi connectivity index (χ0n) is 13.7. The minimum Gasteiger partial charge on any atom is -0.411 e. The molecule has 2 atom stereocenters. The van der Waals surface area contributed by atoms with E-state index in [-0.39, 0.29) is 17.2 Å². The van der Waals surface area contributed by atoms with Gasteiger partial charge in [0.15, 0.2) is 8.32 Å². The SMILES string of the molecule is CO[C@@H](c1ccccc1I)[C@H](C)O[Si](C)(C)C(C)(C)C. The fourth-order valence-electron chi connectivity index (χ4n) is 1.98. The van der Waals surface area contributed by atoms with Gasteiger partial charge in [0.1, 0.15) is 6.10 Å². The Kier molecular flexibility index (Phi) is 6.26. The molecule has 0 aromatic heterocycles. The first-order chi connectivity index (χ1) is 9.10. The highest BCUT2D eigenvalue weighted by atomic mass is 127. The van der Waals surface area contributed by atoms with Crippen molar-refractivity contribution in [2.24, 2.45) is 0 Å². The van der Waals surface area contributed by atoms with E-state index < -0.39 is 8.32 Å². The Labute approximate surface area is 138 Å². The molecule has 0 bridgehead atoms. The highest BCUT2D eigenvalue weighted by Gasteiger charge is 2.40. The average Bonchev–Trinajstić information content (AvgIpc) is 2.30. The van der Waals surface area contributed by atoms with Crippen LogP contribution >= 0.6 is 22.6 Å². The van der Waals surface area contributed by atoms with Gasteiger partial charge in [0.05, 0.1) is 6.10 Å². The molecular formula is C16H27IO2Si. The number of rotatable bonds is 5. The second kappa shape index (κ2) is 6.90. The average molecular weight is 406 g/mol. The van der Waals surface area contributed by atoms with Crippen molar-refractivity contribution in [2.75, 3.05) is 7.11 Å². The van der Waals surface area contributed by atoms with Gasteiger partial charge >= 0.3 is 0 Å². The standard InChI is InChI=1S/C16H27IO2Si/c1-12(19-20(6,7)16(2,3)4)15(18-5)13-10-8-9-11-14(13)17/h8-12,15H,1-7H3/t12-,15+/m0/s1. The molecule has 0 unspecified atom stereocenters. The first-order valence-corrected chi connectivity index (χ1v) is 11.0. The van der Waals surface area contributed by atoms with Crippen LogP contribution < -0.4 is 0 Å². The molecule has 0 N–H and O–H groups in total. The molecule has 2 nitrogen and oxygen atoms in total. The van der Waals surface area contributed by atoms with Crippen molar-refractivity contribution in [3.63, 3.8) is 0 Å². The van der Waals surface area contributed by atoms with Gasteiger partial charge in [0, 0.05) is 10.7 Å². The summed E-state index contributed by atoms with van der Waals surface area (Å²) in [7, 11) is -0.0166. The molecule has 0 aliphatic rings. The van der Waals surface area contributed by atoms with Crippen molar-refractivity contribution in [2.45, 2.75) is 58.0 Å². The minimum atomic E-state index is -1.78. The van der Waals surface area contributed by atoms with E-state index in [2.05, 4.69) is 87.6 Å². The van der Waals surface area contributed by atoms with E-state index in [1.54, 1.807) is 7.11 Å². The summed E-state index contributed by atoms with van der Waals surface area (Å²) in [6, 6.07) is 8.35. The predicted octanol–water partition coefficient (Wildman–Crippen LogP) is 5.39. The first kappa shape index (κ1) is 18.1. The molecule has 0 saturated heterocycles. The van der Waals surface area contributed by atoms with Crippen molar-refractivity contribution >= 4 is 30.9 Å². The van der Waals surface area contributed by atoms with Crippen LogP contribution in [0.1, 0.15) is 39.4 Å². The molecule has 0 aliphatic heterocycles. The van der Waals surface area contributed by atoms with E-state index >= 15 is 0 Å². The number of benzene rings is 1. The van der Waals surface area contributed by atoms with Gasteiger partial charge in [-0.05, 0) is 59.3 Å². The Bertz CT molecular complexity index is 440. The van der Waals surface area contributed by atoms with Gasteiger partial charge in [0.2, 0.25) is 0 Å². The van der Waals surface area contributed by atoms with E-state index in [0.29, 0.717) is 0 Å². The van der Waals surface area contributed by atoms with Gasteiger partial charge in [-0.25, -0.2) is 0 Å². The minimum absolute atomic E-state index is 0.0165. The Morgan fingerprint density at radius 2 is 1.70 bits per heavy atom. The van der Waals surface area contributed by atoms with E-state index in [1.807, 2.05) is 0 Å². The van der Waals surface area contributed by atoms with Crippen LogP contribution in [-0.4, -0.2) is 21.5 Å². The molecule has 4 heteroatoms. The molecule has 0 saturated carbocycles. The van der Waals surface area contributed by atoms with E-state index in [9.17, 15) is 0 Å². The van der Waals surface area contributed by atoms with Gasteiger partial charge in [-0.15, -0.1) is 0 Å². The molecule has 114 valence electrons. The third-order valence-electron chi connectivity index (χ3n) is 4.18. The Balaban J connectivity index is 2.95. The van der Waals surface area contributed by atoms with E-state index in [0.717, 1.165) is 0 Å².